The Bertz CT molecular complexity index is 1090. The third-order valence-electron chi connectivity index (χ3n) is 4.56. The van der Waals surface area contributed by atoms with Crippen LogP contribution in [0.25, 0.3) is 6.08 Å². The third kappa shape index (κ3) is 5.33. The maximum absolute atomic E-state index is 12.5. The van der Waals surface area contributed by atoms with Crippen LogP contribution in [0.4, 0.5) is 5.69 Å². The Morgan fingerprint density at radius 2 is 1.80 bits per heavy atom. The molecule has 150 valence electrons. The molecule has 1 amide bonds. The molecule has 1 heterocycles. The minimum Gasteiger partial charge on any atom is -0.487 e. The van der Waals surface area contributed by atoms with Gasteiger partial charge in [-0.15, -0.1) is 0 Å². The number of nitrogens with one attached hydrogen (secondary N) is 1. The summed E-state index contributed by atoms with van der Waals surface area (Å²) in [4.78, 5) is 16.8. The molecule has 0 aliphatic heterocycles. The van der Waals surface area contributed by atoms with Crippen LogP contribution in [-0.4, -0.2) is 10.9 Å². The fourth-order valence-corrected chi connectivity index (χ4v) is 3.07. The van der Waals surface area contributed by atoms with Gasteiger partial charge in [-0.2, -0.15) is 5.26 Å². The summed E-state index contributed by atoms with van der Waals surface area (Å²) in [5, 5.41) is 12.2. The number of nitrogens with zero attached hydrogens (tertiary/aromatic N) is 2. The molecule has 3 aromatic rings. The van der Waals surface area contributed by atoms with Crippen LogP contribution >= 0.6 is 0 Å². The first kappa shape index (κ1) is 20.8. The smallest absolute Gasteiger partial charge is 0.266 e. The number of ether oxygens (including phenoxy) is 1. The molecule has 0 atom stereocenters. The number of carbonyl (C=O) groups excluding carboxylic acids is 1. The molecule has 30 heavy (non-hydrogen) atoms. The van der Waals surface area contributed by atoms with Crippen molar-refractivity contribution in [1.29, 1.82) is 5.26 Å². The van der Waals surface area contributed by atoms with Crippen molar-refractivity contribution >= 4 is 17.7 Å². The molecule has 0 fully saturated rings. The van der Waals surface area contributed by atoms with Crippen molar-refractivity contribution in [2.45, 2.75) is 27.4 Å². The molecule has 0 saturated carbocycles. The van der Waals surface area contributed by atoms with Crippen molar-refractivity contribution in [2.75, 3.05) is 5.32 Å². The van der Waals surface area contributed by atoms with Crippen LogP contribution in [-0.2, 0) is 11.4 Å². The summed E-state index contributed by atoms with van der Waals surface area (Å²) in [6.45, 7) is 6.23. The Kier molecular flexibility index (Phi) is 6.61. The van der Waals surface area contributed by atoms with Gasteiger partial charge in [-0.1, -0.05) is 23.8 Å². The van der Waals surface area contributed by atoms with E-state index in [1.807, 2.05) is 81.4 Å². The molecule has 0 bridgehead atoms. The van der Waals surface area contributed by atoms with Crippen LogP contribution in [0, 0.1) is 32.1 Å². The second-order valence-electron chi connectivity index (χ2n) is 7.08. The standard InChI is InChI=1S/C25H23N3O2/c1-17-7-9-22(10-8-17)28-25(29)21(15-26)14-20-12-18(2)24(19(3)13-20)30-16-23-6-4-5-11-27-23/h4-14H,16H2,1-3H3,(H,28,29)/b21-14-. The van der Waals surface area contributed by atoms with Gasteiger partial charge in [0.1, 0.15) is 24.0 Å². The van der Waals surface area contributed by atoms with Gasteiger partial charge in [0.05, 0.1) is 5.69 Å². The summed E-state index contributed by atoms with van der Waals surface area (Å²) >= 11 is 0. The van der Waals surface area contributed by atoms with Crippen molar-refractivity contribution in [3.8, 4) is 11.8 Å². The van der Waals surface area contributed by atoms with Gasteiger partial charge in [-0.05, 0) is 79.9 Å². The van der Waals surface area contributed by atoms with E-state index in [1.165, 1.54) is 0 Å². The van der Waals surface area contributed by atoms with Crippen molar-refractivity contribution in [2.24, 2.45) is 0 Å². The number of carbonyl (C=O) groups is 1. The summed E-state index contributed by atoms with van der Waals surface area (Å²) in [6.07, 6.45) is 3.32. The Balaban J connectivity index is 1.76. The first-order chi connectivity index (χ1) is 14.5. The normalized spacial score (nSPS) is 10.9. The maximum Gasteiger partial charge on any atom is 0.266 e. The van der Waals surface area contributed by atoms with Crippen molar-refractivity contribution in [3.05, 3.63) is 94.3 Å². The van der Waals surface area contributed by atoms with Gasteiger partial charge >= 0.3 is 0 Å². The molecule has 0 aliphatic rings. The Labute approximate surface area is 176 Å². The summed E-state index contributed by atoms with van der Waals surface area (Å²) < 4.78 is 5.95. The Hall–Kier alpha value is -3.91. The third-order valence-corrected chi connectivity index (χ3v) is 4.56. The highest BCUT2D eigenvalue weighted by atomic mass is 16.5. The number of aromatic nitrogens is 1. The van der Waals surface area contributed by atoms with E-state index < -0.39 is 5.91 Å². The Morgan fingerprint density at radius 1 is 1.10 bits per heavy atom. The molecule has 1 N–H and O–H groups in total. The molecule has 5 nitrogen and oxygen atoms in total. The lowest BCUT2D eigenvalue weighted by Crippen LogP contribution is -2.13. The van der Waals surface area contributed by atoms with Crippen LogP contribution in [0.2, 0.25) is 0 Å². The van der Waals surface area contributed by atoms with Crippen molar-refractivity contribution in [3.63, 3.8) is 0 Å². The van der Waals surface area contributed by atoms with Crippen molar-refractivity contribution < 1.29 is 9.53 Å². The maximum atomic E-state index is 12.5. The van der Waals surface area contributed by atoms with E-state index in [2.05, 4.69) is 10.3 Å². The first-order valence-corrected chi connectivity index (χ1v) is 9.60. The van der Waals surface area contributed by atoms with Crippen LogP contribution in [0.5, 0.6) is 5.75 Å². The molecule has 1 aromatic heterocycles. The van der Waals surface area contributed by atoms with E-state index in [0.29, 0.717) is 12.3 Å². The molecular weight excluding hydrogens is 374 g/mol. The van der Waals surface area contributed by atoms with E-state index >= 15 is 0 Å². The van der Waals surface area contributed by atoms with Gasteiger partial charge in [0.2, 0.25) is 0 Å². The van der Waals surface area contributed by atoms with Crippen LogP contribution in [0.3, 0.4) is 0 Å². The van der Waals surface area contributed by atoms with Crippen LogP contribution in [0.15, 0.2) is 66.4 Å². The zero-order valence-corrected chi connectivity index (χ0v) is 17.3. The van der Waals surface area contributed by atoms with Gasteiger partial charge in [-0.3, -0.25) is 9.78 Å². The fourth-order valence-electron chi connectivity index (χ4n) is 3.07. The lowest BCUT2D eigenvalue weighted by atomic mass is 10.0. The highest BCUT2D eigenvalue weighted by Gasteiger charge is 2.12. The topological polar surface area (TPSA) is 75.0 Å². The molecular formula is C25H23N3O2. The highest BCUT2D eigenvalue weighted by molar-refractivity contribution is 6.09. The van der Waals surface area contributed by atoms with E-state index in [-0.39, 0.29) is 5.57 Å². The highest BCUT2D eigenvalue weighted by Crippen LogP contribution is 2.27. The summed E-state index contributed by atoms with van der Waals surface area (Å²) in [7, 11) is 0. The van der Waals surface area contributed by atoms with Gasteiger partial charge in [0.15, 0.2) is 0 Å². The number of aryl methyl sites for hydroxylation is 3. The fraction of sp³-hybridized carbons (Fsp3) is 0.160. The van der Waals surface area contributed by atoms with Gasteiger partial charge < -0.3 is 10.1 Å². The number of amides is 1. The molecule has 0 aliphatic carbocycles. The van der Waals surface area contributed by atoms with Crippen molar-refractivity contribution in [1.82, 2.24) is 4.98 Å². The van der Waals surface area contributed by atoms with E-state index in [9.17, 15) is 10.1 Å². The molecule has 2 aromatic carbocycles. The number of anilines is 1. The number of hydrogen-bond donors (Lipinski definition) is 1. The molecule has 5 heteroatoms. The molecule has 3 rings (SSSR count). The second kappa shape index (κ2) is 9.53. The SMILES string of the molecule is Cc1ccc(NC(=O)/C(C#N)=C\c2cc(C)c(OCc3ccccn3)c(C)c2)cc1. The monoisotopic (exact) mass is 397 g/mol. The number of benzene rings is 2. The summed E-state index contributed by atoms with van der Waals surface area (Å²) in [6, 6.07) is 18.9. The number of rotatable bonds is 6. The van der Waals surface area contributed by atoms with E-state index in [0.717, 1.165) is 33.7 Å². The minimum atomic E-state index is -0.438. The minimum absolute atomic E-state index is 0.0385. The van der Waals surface area contributed by atoms with E-state index in [1.54, 1.807) is 12.3 Å². The molecule has 0 radical (unpaired) electrons. The number of pyridine rings is 1. The van der Waals surface area contributed by atoms with Gasteiger partial charge in [0, 0.05) is 11.9 Å². The van der Waals surface area contributed by atoms with Gasteiger partial charge in [-0.25, -0.2) is 0 Å². The lowest BCUT2D eigenvalue weighted by molar-refractivity contribution is -0.112. The van der Waals surface area contributed by atoms with Gasteiger partial charge in [0.25, 0.3) is 5.91 Å². The summed E-state index contributed by atoms with van der Waals surface area (Å²) in [5.41, 5.74) is 5.25. The average Bonchev–Trinajstić information content (AvgIpc) is 2.73. The van der Waals surface area contributed by atoms with E-state index in [4.69, 9.17) is 4.74 Å². The second-order valence-corrected chi connectivity index (χ2v) is 7.08. The zero-order valence-electron chi connectivity index (χ0n) is 17.3. The average molecular weight is 397 g/mol. The van der Waals surface area contributed by atoms with Crippen LogP contribution < -0.4 is 10.1 Å². The Morgan fingerprint density at radius 3 is 2.40 bits per heavy atom. The summed E-state index contributed by atoms with van der Waals surface area (Å²) in [5.74, 6) is 0.340. The molecule has 0 unspecified atom stereocenters. The quantitative estimate of drug-likeness (QED) is 0.462. The van der Waals surface area contributed by atoms with Crippen LogP contribution in [0.1, 0.15) is 27.9 Å². The predicted octanol–water partition coefficient (Wildman–Crippen LogP) is 5.13. The predicted molar refractivity (Wildman–Crippen MR) is 118 cm³/mol. The molecule has 0 saturated heterocycles. The zero-order chi connectivity index (χ0) is 21.5. The molecule has 0 spiro atoms. The number of nitriles is 1. The lowest BCUT2D eigenvalue weighted by Gasteiger charge is -2.13. The first-order valence-electron chi connectivity index (χ1n) is 9.60. The number of hydrogen-bond acceptors (Lipinski definition) is 4. The largest absolute Gasteiger partial charge is 0.487 e.